The molecule has 1 aromatic carbocycles. The summed E-state index contributed by atoms with van der Waals surface area (Å²) in [4.78, 5) is 28.1. The van der Waals surface area contributed by atoms with Crippen molar-refractivity contribution in [1.82, 2.24) is 25.6 Å². The predicted molar refractivity (Wildman–Crippen MR) is 133 cm³/mol. The van der Waals surface area contributed by atoms with Crippen LogP contribution in [-0.4, -0.2) is 64.4 Å². The van der Waals surface area contributed by atoms with E-state index in [-0.39, 0.29) is 18.2 Å². The molecule has 0 bridgehead atoms. The van der Waals surface area contributed by atoms with Gasteiger partial charge in [-0.3, -0.25) is 5.32 Å². The molecule has 34 heavy (non-hydrogen) atoms. The Hall–Kier alpha value is -3.50. The van der Waals surface area contributed by atoms with E-state index in [1.807, 2.05) is 18.2 Å². The third-order valence-corrected chi connectivity index (χ3v) is 6.32. The maximum Gasteiger partial charge on any atom is 0.320 e. The van der Waals surface area contributed by atoms with Crippen molar-refractivity contribution in [3.05, 3.63) is 42.6 Å². The Morgan fingerprint density at radius 1 is 1.00 bits per heavy atom. The van der Waals surface area contributed by atoms with Crippen LogP contribution in [0.4, 0.5) is 27.9 Å². The van der Waals surface area contributed by atoms with Crippen LogP contribution in [0.1, 0.15) is 25.7 Å². The summed E-state index contributed by atoms with van der Waals surface area (Å²) in [7, 11) is 0. The summed E-state index contributed by atoms with van der Waals surface area (Å²) in [6, 6.07) is 11.6. The molecule has 2 amide bonds. The Morgan fingerprint density at radius 2 is 1.76 bits per heavy atom. The van der Waals surface area contributed by atoms with E-state index in [2.05, 4.69) is 53.3 Å². The number of piperazine rings is 1. The van der Waals surface area contributed by atoms with E-state index < -0.39 is 0 Å². The number of carbonyl (C=O) groups is 1. The number of rotatable bonds is 5. The summed E-state index contributed by atoms with van der Waals surface area (Å²) < 4.78 is 0. The molecule has 1 saturated heterocycles. The van der Waals surface area contributed by atoms with Crippen molar-refractivity contribution in [3.63, 3.8) is 0 Å². The molecule has 5 N–H and O–H groups in total. The van der Waals surface area contributed by atoms with Crippen LogP contribution in [0.2, 0.25) is 0 Å². The van der Waals surface area contributed by atoms with Gasteiger partial charge in [0.25, 0.3) is 0 Å². The second kappa shape index (κ2) is 10.2. The number of fused-ring (bicyclic) bond motifs is 1. The maximum absolute atomic E-state index is 12.4. The van der Waals surface area contributed by atoms with Crippen molar-refractivity contribution < 1.29 is 9.90 Å². The van der Waals surface area contributed by atoms with Crippen LogP contribution in [0.25, 0.3) is 11.0 Å². The number of nitrogens with zero attached hydrogens (tertiary/aromatic N) is 4. The van der Waals surface area contributed by atoms with Crippen LogP contribution in [-0.2, 0) is 0 Å². The third kappa shape index (κ3) is 5.52. The lowest BCUT2D eigenvalue weighted by molar-refractivity contribution is 0.118. The summed E-state index contributed by atoms with van der Waals surface area (Å²) in [5, 5.41) is 22.7. The van der Waals surface area contributed by atoms with E-state index in [0.29, 0.717) is 30.3 Å². The predicted octanol–water partition coefficient (Wildman–Crippen LogP) is 2.60. The molecular weight excluding hydrogens is 432 g/mol. The van der Waals surface area contributed by atoms with Crippen LogP contribution in [0.5, 0.6) is 0 Å². The highest BCUT2D eigenvalue weighted by molar-refractivity contribution is 5.90. The lowest BCUT2D eigenvalue weighted by Crippen LogP contribution is -2.43. The highest BCUT2D eigenvalue weighted by atomic mass is 16.3. The molecule has 2 aliphatic rings. The van der Waals surface area contributed by atoms with Crippen molar-refractivity contribution in [3.8, 4) is 0 Å². The number of anilines is 4. The molecule has 0 radical (unpaired) electrons. The SMILES string of the molecule is O=C(Nc1ccc2cnc(Nc3ccc(N4CCNCC4)cc3)nc2n1)NC1CCC(O)CC1. The lowest BCUT2D eigenvalue weighted by atomic mass is 9.93. The second-order valence-corrected chi connectivity index (χ2v) is 8.82. The van der Waals surface area contributed by atoms with Crippen LogP contribution < -0.4 is 26.2 Å². The molecule has 1 aliphatic heterocycles. The topological polar surface area (TPSA) is 127 Å². The fourth-order valence-electron chi connectivity index (χ4n) is 4.40. The first-order chi connectivity index (χ1) is 16.6. The van der Waals surface area contributed by atoms with Crippen LogP contribution >= 0.6 is 0 Å². The second-order valence-electron chi connectivity index (χ2n) is 8.82. The van der Waals surface area contributed by atoms with E-state index in [1.165, 1.54) is 5.69 Å². The van der Waals surface area contributed by atoms with E-state index in [4.69, 9.17) is 0 Å². The zero-order valence-corrected chi connectivity index (χ0v) is 19.0. The molecule has 10 heteroatoms. The number of aliphatic hydroxyl groups is 1. The molecule has 1 saturated carbocycles. The van der Waals surface area contributed by atoms with Gasteiger partial charge in [-0.05, 0) is 62.1 Å². The summed E-state index contributed by atoms with van der Waals surface area (Å²) >= 11 is 0. The van der Waals surface area contributed by atoms with Crippen molar-refractivity contribution in [2.24, 2.45) is 0 Å². The highest BCUT2D eigenvalue weighted by Gasteiger charge is 2.21. The Morgan fingerprint density at radius 3 is 2.53 bits per heavy atom. The summed E-state index contributed by atoms with van der Waals surface area (Å²) in [5.74, 6) is 0.864. The molecule has 3 aromatic rings. The molecule has 5 rings (SSSR count). The molecule has 2 aromatic heterocycles. The standard InChI is InChI=1S/C24H30N8O2/c33-20-8-4-18(5-9-20)28-24(34)30-21-10-1-16-15-26-23(31-22(16)29-21)27-17-2-6-19(7-3-17)32-13-11-25-12-14-32/h1-3,6-7,10,15,18,20,25,33H,4-5,8-9,11-14H2,(H3,26,27,28,29,30,31,34). The van der Waals surface area contributed by atoms with Gasteiger partial charge in [-0.15, -0.1) is 0 Å². The number of carbonyl (C=O) groups excluding carboxylic acids is 1. The fourth-order valence-corrected chi connectivity index (χ4v) is 4.40. The van der Waals surface area contributed by atoms with Gasteiger partial charge in [0.2, 0.25) is 5.95 Å². The van der Waals surface area contributed by atoms with Gasteiger partial charge in [0.1, 0.15) is 5.82 Å². The Bertz CT molecular complexity index is 1130. The van der Waals surface area contributed by atoms with Crippen LogP contribution in [0.3, 0.4) is 0 Å². The minimum Gasteiger partial charge on any atom is -0.393 e. The first-order valence-electron chi connectivity index (χ1n) is 11.8. The number of pyridine rings is 1. The zero-order chi connectivity index (χ0) is 23.3. The van der Waals surface area contributed by atoms with Crippen molar-refractivity contribution in [1.29, 1.82) is 0 Å². The van der Waals surface area contributed by atoms with Gasteiger partial charge in [-0.25, -0.2) is 14.8 Å². The number of hydrogen-bond donors (Lipinski definition) is 5. The minimum absolute atomic E-state index is 0.0694. The lowest BCUT2D eigenvalue weighted by Gasteiger charge is -2.29. The monoisotopic (exact) mass is 462 g/mol. The van der Waals surface area contributed by atoms with E-state index in [9.17, 15) is 9.90 Å². The molecule has 178 valence electrons. The molecular formula is C24H30N8O2. The molecule has 0 atom stereocenters. The molecule has 10 nitrogen and oxygen atoms in total. The zero-order valence-electron chi connectivity index (χ0n) is 19.0. The van der Waals surface area contributed by atoms with Gasteiger partial charge in [0, 0.05) is 55.2 Å². The summed E-state index contributed by atoms with van der Waals surface area (Å²) in [6.07, 6.45) is 4.44. The van der Waals surface area contributed by atoms with Gasteiger partial charge >= 0.3 is 6.03 Å². The van der Waals surface area contributed by atoms with Crippen LogP contribution in [0.15, 0.2) is 42.6 Å². The Kier molecular flexibility index (Phi) is 6.68. The number of urea groups is 1. The minimum atomic E-state index is -0.301. The van der Waals surface area contributed by atoms with Gasteiger partial charge < -0.3 is 26.0 Å². The normalized spacial score (nSPS) is 20.7. The Balaban J connectivity index is 1.22. The number of hydrogen-bond acceptors (Lipinski definition) is 8. The fraction of sp³-hybridized carbons (Fsp3) is 0.417. The van der Waals surface area contributed by atoms with Crippen molar-refractivity contribution >= 4 is 40.2 Å². The highest BCUT2D eigenvalue weighted by Crippen LogP contribution is 2.22. The van der Waals surface area contributed by atoms with Crippen molar-refractivity contribution in [2.75, 3.05) is 41.7 Å². The van der Waals surface area contributed by atoms with E-state index in [1.54, 1.807) is 12.3 Å². The molecule has 0 spiro atoms. The molecule has 2 fully saturated rings. The molecule has 3 heterocycles. The number of aromatic nitrogens is 3. The third-order valence-electron chi connectivity index (χ3n) is 6.32. The number of amides is 2. The van der Waals surface area contributed by atoms with Gasteiger partial charge in [0.05, 0.1) is 6.10 Å². The maximum atomic E-state index is 12.4. The van der Waals surface area contributed by atoms with E-state index >= 15 is 0 Å². The first kappa shape index (κ1) is 22.3. The number of benzene rings is 1. The quantitative estimate of drug-likeness (QED) is 0.392. The average Bonchev–Trinajstić information content (AvgIpc) is 2.86. The average molecular weight is 463 g/mol. The van der Waals surface area contributed by atoms with Crippen molar-refractivity contribution in [2.45, 2.75) is 37.8 Å². The number of nitrogens with one attached hydrogen (secondary N) is 4. The number of aliphatic hydroxyl groups excluding tert-OH is 1. The smallest absolute Gasteiger partial charge is 0.320 e. The van der Waals surface area contributed by atoms with Crippen LogP contribution in [0, 0.1) is 0 Å². The van der Waals surface area contributed by atoms with Gasteiger partial charge in [-0.1, -0.05) is 0 Å². The largest absolute Gasteiger partial charge is 0.393 e. The van der Waals surface area contributed by atoms with Gasteiger partial charge in [0.15, 0.2) is 5.65 Å². The summed E-state index contributed by atoms with van der Waals surface area (Å²) in [5.41, 5.74) is 2.59. The molecule has 0 unspecified atom stereocenters. The first-order valence-corrected chi connectivity index (χ1v) is 11.8. The molecule has 1 aliphatic carbocycles. The Labute approximate surface area is 198 Å². The summed E-state index contributed by atoms with van der Waals surface area (Å²) in [6.45, 7) is 4.01. The van der Waals surface area contributed by atoms with E-state index in [0.717, 1.165) is 50.1 Å². The van der Waals surface area contributed by atoms with Gasteiger partial charge in [-0.2, -0.15) is 4.98 Å².